The molecule has 9 nitrogen and oxygen atoms in total. The molecule has 0 aliphatic carbocycles. The number of carbonyl (C=O) groups excluding carboxylic acids is 2. The number of carbonyl (C=O) groups is 2. The zero-order valence-electron chi connectivity index (χ0n) is 13.9. The van der Waals surface area contributed by atoms with Gasteiger partial charge < -0.3 is 10.6 Å². The van der Waals surface area contributed by atoms with Gasteiger partial charge in [0.2, 0.25) is 11.8 Å². The lowest BCUT2D eigenvalue weighted by molar-refractivity contribution is -0.385. The standard InChI is InChI=1S/C16H19N5O4/c1-11(2)16(23)19-13-5-3-12(4-6-13)18-15(22)7-8-20-10-14(9-17-20)21(24)25/h3-6,9-11H,7-8H2,1-2H3,(H,18,22)(H,19,23). The van der Waals surface area contributed by atoms with Crippen molar-refractivity contribution in [2.75, 3.05) is 10.6 Å². The van der Waals surface area contributed by atoms with Crippen molar-refractivity contribution in [1.29, 1.82) is 0 Å². The summed E-state index contributed by atoms with van der Waals surface area (Å²) in [6.45, 7) is 3.85. The molecule has 0 radical (unpaired) electrons. The number of hydrogen-bond acceptors (Lipinski definition) is 5. The quantitative estimate of drug-likeness (QED) is 0.590. The fourth-order valence-electron chi connectivity index (χ4n) is 1.93. The lowest BCUT2D eigenvalue weighted by Gasteiger charge is -2.09. The lowest BCUT2D eigenvalue weighted by Crippen LogP contribution is -2.18. The predicted molar refractivity (Wildman–Crippen MR) is 92.0 cm³/mol. The van der Waals surface area contributed by atoms with Crippen molar-refractivity contribution in [3.8, 4) is 0 Å². The first kappa shape index (κ1) is 18.1. The van der Waals surface area contributed by atoms with Gasteiger partial charge in [0, 0.05) is 30.3 Å². The van der Waals surface area contributed by atoms with Crippen LogP contribution in [0.5, 0.6) is 0 Å². The minimum atomic E-state index is -0.538. The Morgan fingerprint density at radius 1 is 1.20 bits per heavy atom. The largest absolute Gasteiger partial charge is 0.326 e. The summed E-state index contributed by atoms with van der Waals surface area (Å²) in [7, 11) is 0. The van der Waals surface area contributed by atoms with Crippen molar-refractivity contribution in [2.24, 2.45) is 5.92 Å². The Morgan fingerprint density at radius 3 is 2.32 bits per heavy atom. The zero-order chi connectivity index (χ0) is 18.4. The third-order valence-corrected chi connectivity index (χ3v) is 3.36. The molecule has 25 heavy (non-hydrogen) atoms. The van der Waals surface area contributed by atoms with Gasteiger partial charge in [-0.1, -0.05) is 13.8 Å². The van der Waals surface area contributed by atoms with Crippen LogP contribution in [0, 0.1) is 16.0 Å². The highest BCUT2D eigenvalue weighted by molar-refractivity contribution is 5.93. The first-order valence-electron chi connectivity index (χ1n) is 7.73. The summed E-state index contributed by atoms with van der Waals surface area (Å²) in [4.78, 5) is 33.6. The van der Waals surface area contributed by atoms with Crippen LogP contribution in [0.2, 0.25) is 0 Å². The maximum atomic E-state index is 11.9. The van der Waals surface area contributed by atoms with E-state index in [1.54, 1.807) is 38.1 Å². The van der Waals surface area contributed by atoms with Crippen molar-refractivity contribution in [1.82, 2.24) is 9.78 Å². The van der Waals surface area contributed by atoms with E-state index in [0.717, 1.165) is 6.20 Å². The number of hydrogen-bond donors (Lipinski definition) is 2. The summed E-state index contributed by atoms with van der Waals surface area (Å²) in [5.41, 5.74) is 1.14. The average Bonchev–Trinajstić information content (AvgIpc) is 3.04. The molecule has 2 rings (SSSR count). The maximum absolute atomic E-state index is 11.9. The molecule has 0 aliphatic rings. The van der Waals surface area contributed by atoms with Crippen LogP contribution in [0.3, 0.4) is 0 Å². The summed E-state index contributed by atoms with van der Waals surface area (Å²) < 4.78 is 1.35. The smallest absolute Gasteiger partial charge is 0.306 e. The number of nitrogens with zero attached hydrogens (tertiary/aromatic N) is 3. The molecule has 0 spiro atoms. The number of amides is 2. The average molecular weight is 345 g/mol. The molecule has 1 heterocycles. The van der Waals surface area contributed by atoms with Crippen molar-refractivity contribution in [3.63, 3.8) is 0 Å². The van der Waals surface area contributed by atoms with Crippen LogP contribution in [-0.2, 0) is 16.1 Å². The van der Waals surface area contributed by atoms with Gasteiger partial charge in [0.05, 0.1) is 4.92 Å². The number of benzene rings is 1. The Labute approximate surface area is 144 Å². The van der Waals surface area contributed by atoms with Gasteiger partial charge in [0.1, 0.15) is 12.4 Å². The Morgan fingerprint density at radius 2 is 1.80 bits per heavy atom. The summed E-state index contributed by atoms with van der Waals surface area (Å²) >= 11 is 0. The van der Waals surface area contributed by atoms with Crippen molar-refractivity contribution >= 4 is 28.9 Å². The van der Waals surface area contributed by atoms with E-state index in [0.29, 0.717) is 11.4 Å². The summed E-state index contributed by atoms with van der Waals surface area (Å²) in [6.07, 6.45) is 2.55. The molecule has 2 N–H and O–H groups in total. The van der Waals surface area contributed by atoms with Crippen LogP contribution >= 0.6 is 0 Å². The molecular formula is C16H19N5O4. The summed E-state index contributed by atoms with van der Waals surface area (Å²) in [5, 5.41) is 19.9. The minimum Gasteiger partial charge on any atom is -0.326 e. The van der Waals surface area contributed by atoms with E-state index in [9.17, 15) is 19.7 Å². The third kappa shape index (κ3) is 5.41. The van der Waals surface area contributed by atoms with Gasteiger partial charge >= 0.3 is 5.69 Å². The molecule has 2 aromatic rings. The summed E-state index contributed by atoms with van der Waals surface area (Å²) in [5.74, 6) is -0.431. The van der Waals surface area contributed by atoms with E-state index in [-0.39, 0.29) is 36.4 Å². The fraction of sp³-hybridized carbons (Fsp3) is 0.312. The van der Waals surface area contributed by atoms with Gasteiger partial charge in [0.15, 0.2) is 0 Å². The molecule has 0 saturated carbocycles. The van der Waals surface area contributed by atoms with Gasteiger partial charge in [-0.3, -0.25) is 24.4 Å². The Bertz CT molecular complexity index is 767. The van der Waals surface area contributed by atoms with Gasteiger partial charge in [-0.25, -0.2) is 0 Å². The van der Waals surface area contributed by atoms with Gasteiger partial charge in [-0.15, -0.1) is 0 Å². The second kappa shape index (κ2) is 8.04. The molecule has 9 heteroatoms. The molecule has 132 valence electrons. The van der Waals surface area contributed by atoms with E-state index in [1.165, 1.54) is 10.9 Å². The van der Waals surface area contributed by atoms with Gasteiger partial charge in [-0.05, 0) is 24.3 Å². The van der Waals surface area contributed by atoms with Crippen LogP contribution < -0.4 is 10.6 Å². The third-order valence-electron chi connectivity index (χ3n) is 3.36. The van der Waals surface area contributed by atoms with Crippen LogP contribution in [0.15, 0.2) is 36.7 Å². The van der Waals surface area contributed by atoms with Crippen molar-refractivity contribution in [3.05, 3.63) is 46.8 Å². The van der Waals surface area contributed by atoms with Crippen molar-refractivity contribution < 1.29 is 14.5 Å². The molecule has 2 amide bonds. The molecule has 0 fully saturated rings. The Hall–Kier alpha value is -3.23. The SMILES string of the molecule is CC(C)C(=O)Nc1ccc(NC(=O)CCn2cc([N+](=O)[O-])cn2)cc1. The second-order valence-corrected chi connectivity index (χ2v) is 5.74. The van der Waals surface area contributed by atoms with Gasteiger partial charge in [0.25, 0.3) is 0 Å². The number of anilines is 2. The molecule has 0 saturated heterocycles. The topological polar surface area (TPSA) is 119 Å². The van der Waals surface area contributed by atoms with E-state index in [1.807, 2.05) is 0 Å². The van der Waals surface area contributed by atoms with Crippen molar-refractivity contribution in [2.45, 2.75) is 26.8 Å². The number of rotatable bonds is 7. The van der Waals surface area contributed by atoms with Crippen LogP contribution in [0.1, 0.15) is 20.3 Å². The minimum absolute atomic E-state index is 0.0786. The van der Waals surface area contributed by atoms with Crippen LogP contribution in [-0.4, -0.2) is 26.5 Å². The zero-order valence-corrected chi connectivity index (χ0v) is 13.9. The highest BCUT2D eigenvalue weighted by Gasteiger charge is 2.10. The Kier molecular flexibility index (Phi) is 5.83. The molecule has 0 bridgehead atoms. The number of nitro groups is 1. The van der Waals surface area contributed by atoms with E-state index in [2.05, 4.69) is 15.7 Å². The lowest BCUT2D eigenvalue weighted by atomic mass is 10.2. The van der Waals surface area contributed by atoms with Gasteiger partial charge in [-0.2, -0.15) is 5.10 Å². The molecule has 0 atom stereocenters. The summed E-state index contributed by atoms with van der Waals surface area (Å²) in [6, 6.07) is 6.78. The van der Waals surface area contributed by atoms with E-state index in [4.69, 9.17) is 0 Å². The maximum Gasteiger partial charge on any atom is 0.306 e. The second-order valence-electron chi connectivity index (χ2n) is 5.74. The molecule has 1 aromatic carbocycles. The van der Waals surface area contributed by atoms with E-state index >= 15 is 0 Å². The Balaban J connectivity index is 1.83. The number of aromatic nitrogens is 2. The molecule has 0 unspecified atom stereocenters. The highest BCUT2D eigenvalue weighted by atomic mass is 16.6. The van der Waals surface area contributed by atoms with Crippen LogP contribution in [0.25, 0.3) is 0 Å². The number of nitrogens with one attached hydrogen (secondary N) is 2. The van der Waals surface area contributed by atoms with E-state index < -0.39 is 4.92 Å². The first-order valence-corrected chi connectivity index (χ1v) is 7.73. The monoisotopic (exact) mass is 345 g/mol. The first-order chi connectivity index (χ1) is 11.8. The predicted octanol–water partition coefficient (Wildman–Crippen LogP) is 2.41. The number of aryl methyl sites for hydroxylation is 1. The normalized spacial score (nSPS) is 10.5. The highest BCUT2D eigenvalue weighted by Crippen LogP contribution is 2.15. The molecule has 1 aromatic heterocycles. The van der Waals surface area contributed by atoms with Crippen LogP contribution in [0.4, 0.5) is 17.1 Å². The molecular weight excluding hydrogens is 326 g/mol. The fourth-order valence-corrected chi connectivity index (χ4v) is 1.93. The molecule has 0 aliphatic heterocycles.